The maximum absolute atomic E-state index is 13.0. The van der Waals surface area contributed by atoms with Gasteiger partial charge in [-0.2, -0.15) is 0 Å². The normalized spacial score (nSPS) is 11.6. The average Bonchev–Trinajstić information content (AvgIpc) is 2.70. The van der Waals surface area contributed by atoms with Crippen molar-refractivity contribution in [1.82, 2.24) is 0 Å². The van der Waals surface area contributed by atoms with E-state index in [0.717, 1.165) is 18.4 Å². The number of carbonyl (C=O) groups excluding carboxylic acids is 1. The molecule has 0 aliphatic carbocycles. The molecule has 1 amide bonds. The van der Waals surface area contributed by atoms with Crippen LogP contribution in [0.2, 0.25) is 0 Å². The van der Waals surface area contributed by atoms with Crippen LogP contribution in [0.4, 0.5) is 21.5 Å². The summed E-state index contributed by atoms with van der Waals surface area (Å²) in [7, 11) is -7.33. The third kappa shape index (κ3) is 6.05. The van der Waals surface area contributed by atoms with Crippen LogP contribution in [0, 0.1) is 12.7 Å². The van der Waals surface area contributed by atoms with Gasteiger partial charge < -0.3 is 5.32 Å². The number of hydrogen-bond donors (Lipinski definition) is 3. The van der Waals surface area contributed by atoms with Crippen molar-refractivity contribution in [2.24, 2.45) is 0 Å². The van der Waals surface area contributed by atoms with Gasteiger partial charge in [0, 0.05) is 16.9 Å². The molecule has 168 valence electrons. The minimum atomic E-state index is -3.89. The zero-order valence-electron chi connectivity index (χ0n) is 17.1. The third-order valence-electron chi connectivity index (χ3n) is 4.30. The van der Waals surface area contributed by atoms with Crippen LogP contribution in [0.5, 0.6) is 0 Å². The van der Waals surface area contributed by atoms with E-state index in [1.54, 1.807) is 6.92 Å². The van der Waals surface area contributed by atoms with Gasteiger partial charge in [-0.15, -0.1) is 0 Å². The molecule has 0 aliphatic rings. The molecule has 0 saturated carbocycles. The number of anilines is 3. The number of aryl methyl sites for hydroxylation is 1. The minimum Gasteiger partial charge on any atom is -0.322 e. The second-order valence-electron chi connectivity index (χ2n) is 6.99. The van der Waals surface area contributed by atoms with Gasteiger partial charge in [0.1, 0.15) is 5.82 Å². The molecule has 0 atom stereocenters. The fourth-order valence-electron chi connectivity index (χ4n) is 2.77. The molecule has 0 heterocycles. The Morgan fingerprint density at radius 2 is 1.41 bits per heavy atom. The van der Waals surface area contributed by atoms with E-state index in [2.05, 4.69) is 14.8 Å². The van der Waals surface area contributed by atoms with Crippen LogP contribution in [-0.2, 0) is 20.0 Å². The zero-order chi connectivity index (χ0) is 23.5. The first-order valence-electron chi connectivity index (χ1n) is 9.21. The predicted molar refractivity (Wildman–Crippen MR) is 121 cm³/mol. The molecular formula is C21H20FN3O5S2. The number of hydrogen-bond acceptors (Lipinski definition) is 5. The Morgan fingerprint density at radius 1 is 0.812 bits per heavy atom. The van der Waals surface area contributed by atoms with E-state index in [-0.39, 0.29) is 10.6 Å². The molecule has 3 aromatic carbocycles. The second kappa shape index (κ2) is 8.97. The third-order valence-corrected chi connectivity index (χ3v) is 6.29. The average molecular weight is 478 g/mol. The summed E-state index contributed by atoms with van der Waals surface area (Å²) >= 11 is 0. The van der Waals surface area contributed by atoms with Crippen LogP contribution in [0.25, 0.3) is 0 Å². The number of nitrogens with one attached hydrogen (secondary N) is 3. The lowest BCUT2D eigenvalue weighted by Gasteiger charge is -2.11. The van der Waals surface area contributed by atoms with Crippen molar-refractivity contribution in [2.75, 3.05) is 21.0 Å². The Morgan fingerprint density at radius 3 is 1.97 bits per heavy atom. The van der Waals surface area contributed by atoms with Crippen LogP contribution >= 0.6 is 0 Å². The second-order valence-corrected chi connectivity index (χ2v) is 10.4. The molecule has 3 rings (SSSR count). The lowest BCUT2D eigenvalue weighted by molar-refractivity contribution is 0.102. The molecule has 0 aromatic heterocycles. The SMILES string of the molecule is Cc1cc(C(=O)Nc2ccc(S(=O)(=O)Nc3ccc(F)cc3)cc2)ccc1NS(C)(=O)=O. The van der Waals surface area contributed by atoms with Gasteiger partial charge in [-0.1, -0.05) is 0 Å². The smallest absolute Gasteiger partial charge is 0.261 e. The molecule has 0 fully saturated rings. The van der Waals surface area contributed by atoms with Crippen molar-refractivity contribution < 1.29 is 26.0 Å². The van der Waals surface area contributed by atoms with E-state index in [4.69, 9.17) is 0 Å². The van der Waals surface area contributed by atoms with Gasteiger partial charge >= 0.3 is 0 Å². The maximum atomic E-state index is 13.0. The van der Waals surface area contributed by atoms with Crippen molar-refractivity contribution in [2.45, 2.75) is 11.8 Å². The molecule has 0 unspecified atom stereocenters. The van der Waals surface area contributed by atoms with Crippen LogP contribution < -0.4 is 14.8 Å². The number of amides is 1. The summed E-state index contributed by atoms with van der Waals surface area (Å²) in [5.74, 6) is -0.927. The fourth-order valence-corrected chi connectivity index (χ4v) is 4.46. The Kier molecular flexibility index (Phi) is 6.51. The molecule has 3 N–H and O–H groups in total. The topological polar surface area (TPSA) is 121 Å². The first-order valence-corrected chi connectivity index (χ1v) is 12.6. The molecule has 0 spiro atoms. The molecule has 32 heavy (non-hydrogen) atoms. The summed E-state index contributed by atoms with van der Waals surface area (Å²) in [5, 5.41) is 2.65. The van der Waals surface area contributed by atoms with Crippen molar-refractivity contribution in [1.29, 1.82) is 0 Å². The van der Waals surface area contributed by atoms with E-state index >= 15 is 0 Å². The molecule has 8 nitrogen and oxygen atoms in total. The van der Waals surface area contributed by atoms with Crippen molar-refractivity contribution >= 4 is 43.0 Å². The van der Waals surface area contributed by atoms with Crippen molar-refractivity contribution in [3.63, 3.8) is 0 Å². The van der Waals surface area contributed by atoms with E-state index in [1.807, 2.05) is 0 Å². The highest BCUT2D eigenvalue weighted by atomic mass is 32.2. The summed E-state index contributed by atoms with van der Waals surface area (Å²) in [6, 6.07) is 14.9. The van der Waals surface area contributed by atoms with Crippen LogP contribution in [0.15, 0.2) is 71.6 Å². The van der Waals surface area contributed by atoms with E-state index < -0.39 is 31.8 Å². The molecular weight excluding hydrogens is 457 g/mol. The number of sulfonamides is 2. The summed E-state index contributed by atoms with van der Waals surface area (Å²) < 4.78 is 65.4. The standard InChI is InChI=1S/C21H20FN3O5S2/c1-14-13-15(3-12-20(14)25-31(2,27)28)21(26)23-17-8-10-19(11-9-17)32(29,30)24-18-6-4-16(22)5-7-18/h3-13,24-25H,1-2H3,(H,23,26). The Balaban J connectivity index is 1.70. The number of halogens is 1. The lowest BCUT2D eigenvalue weighted by Crippen LogP contribution is -2.15. The van der Waals surface area contributed by atoms with E-state index in [9.17, 15) is 26.0 Å². The predicted octanol–water partition coefficient (Wildman–Crippen LogP) is 3.56. The monoisotopic (exact) mass is 477 g/mol. The van der Waals surface area contributed by atoms with Gasteiger partial charge in [-0.25, -0.2) is 21.2 Å². The zero-order valence-corrected chi connectivity index (χ0v) is 18.7. The minimum absolute atomic E-state index is 0.0353. The summed E-state index contributed by atoms with van der Waals surface area (Å²) in [4.78, 5) is 12.5. The van der Waals surface area contributed by atoms with Gasteiger partial charge in [-0.3, -0.25) is 14.2 Å². The highest BCUT2D eigenvalue weighted by Gasteiger charge is 2.15. The molecule has 0 aliphatic heterocycles. The first-order chi connectivity index (χ1) is 14.9. The molecule has 11 heteroatoms. The molecule has 0 bridgehead atoms. The Hall–Kier alpha value is -3.44. The van der Waals surface area contributed by atoms with Gasteiger partial charge in [0.25, 0.3) is 15.9 Å². The van der Waals surface area contributed by atoms with Crippen molar-refractivity contribution in [3.05, 3.63) is 83.7 Å². The number of rotatable bonds is 7. The first kappa shape index (κ1) is 23.2. The highest BCUT2D eigenvalue weighted by Crippen LogP contribution is 2.21. The Bertz CT molecular complexity index is 1360. The quantitative estimate of drug-likeness (QED) is 0.480. The van der Waals surface area contributed by atoms with Gasteiger partial charge in [0.15, 0.2) is 0 Å². The summed E-state index contributed by atoms with van der Waals surface area (Å²) in [6.45, 7) is 1.66. The van der Waals surface area contributed by atoms with Gasteiger partial charge in [-0.05, 0) is 79.2 Å². The van der Waals surface area contributed by atoms with Crippen molar-refractivity contribution in [3.8, 4) is 0 Å². The molecule has 0 radical (unpaired) electrons. The van der Waals surface area contributed by atoms with Crippen LogP contribution in [-0.4, -0.2) is 29.0 Å². The molecule has 3 aromatic rings. The van der Waals surface area contributed by atoms with Crippen LogP contribution in [0.1, 0.15) is 15.9 Å². The highest BCUT2D eigenvalue weighted by molar-refractivity contribution is 7.92. The van der Waals surface area contributed by atoms with E-state index in [1.165, 1.54) is 54.6 Å². The maximum Gasteiger partial charge on any atom is 0.261 e. The number of benzene rings is 3. The molecule has 0 saturated heterocycles. The van der Waals surface area contributed by atoms with E-state index in [0.29, 0.717) is 22.5 Å². The fraction of sp³-hybridized carbons (Fsp3) is 0.0952. The number of carbonyl (C=O) groups is 1. The van der Waals surface area contributed by atoms with Crippen LogP contribution in [0.3, 0.4) is 0 Å². The lowest BCUT2D eigenvalue weighted by atomic mass is 10.1. The summed E-state index contributed by atoms with van der Waals surface area (Å²) in [6.07, 6.45) is 1.03. The Labute approximate surface area is 185 Å². The summed E-state index contributed by atoms with van der Waals surface area (Å²) in [5.41, 5.74) is 1.82. The van der Waals surface area contributed by atoms with Gasteiger partial charge in [0.05, 0.1) is 16.8 Å². The van der Waals surface area contributed by atoms with Gasteiger partial charge in [0.2, 0.25) is 10.0 Å². The largest absolute Gasteiger partial charge is 0.322 e.